The minimum Gasteiger partial charge on any atom is -0.479 e. The van der Waals surface area contributed by atoms with Crippen molar-refractivity contribution in [1.29, 1.82) is 0 Å². The molecule has 1 aliphatic carbocycles. The number of likely N-dealkylation sites (N-methyl/N-ethyl adjacent to an activating group) is 1. The molecule has 6 nitrogen and oxygen atoms in total. The molecular weight excluding hydrogens is 448 g/mol. The Morgan fingerprint density at radius 2 is 1.67 bits per heavy atom. The average molecular weight is 467 g/mol. The minimum atomic E-state index is -1.24. The van der Waals surface area contributed by atoms with Gasteiger partial charge < -0.3 is 9.84 Å². The van der Waals surface area contributed by atoms with Crippen molar-refractivity contribution >= 4 is 28.0 Å². The molecule has 1 aliphatic rings. The Labute approximate surface area is 182 Å². The number of ether oxygens (including phenoxy) is 1. The van der Waals surface area contributed by atoms with Gasteiger partial charge in [0.25, 0.3) is 0 Å². The first-order valence-corrected chi connectivity index (χ1v) is 10.2. The van der Waals surface area contributed by atoms with Crippen LogP contribution in [0.2, 0.25) is 0 Å². The first-order chi connectivity index (χ1) is 14.5. The molecule has 1 heterocycles. The number of benzene rings is 2. The maximum Gasteiger partial charge on any atom is 0.410 e. The summed E-state index contributed by atoms with van der Waals surface area (Å²) in [7, 11) is 1.40. The highest BCUT2D eigenvalue weighted by Gasteiger charge is 2.33. The Bertz CT molecular complexity index is 1050. The predicted molar refractivity (Wildman–Crippen MR) is 115 cm³/mol. The number of aliphatic carboxylic acids is 1. The molecule has 0 saturated heterocycles. The highest BCUT2D eigenvalue weighted by Crippen LogP contribution is 2.44. The SMILES string of the molecule is CN(C(=O)OCC1c2ccccc2-c2ccccc21)C(C(=O)O)c1ccc(Br)cn1. The Hall–Kier alpha value is -3.19. The molecular formula is C23H19BrN2O4. The molecule has 1 atom stereocenters. The maximum atomic E-state index is 12.7. The van der Waals surface area contributed by atoms with E-state index in [1.165, 1.54) is 13.2 Å². The molecule has 1 amide bonds. The van der Waals surface area contributed by atoms with Crippen molar-refractivity contribution in [2.75, 3.05) is 13.7 Å². The fourth-order valence-electron chi connectivity index (χ4n) is 3.84. The van der Waals surface area contributed by atoms with E-state index in [0.29, 0.717) is 0 Å². The van der Waals surface area contributed by atoms with Crippen LogP contribution in [0.3, 0.4) is 0 Å². The van der Waals surface area contributed by atoms with E-state index in [1.807, 2.05) is 36.4 Å². The monoisotopic (exact) mass is 466 g/mol. The van der Waals surface area contributed by atoms with E-state index in [1.54, 1.807) is 12.1 Å². The standard InChI is InChI=1S/C23H19BrN2O4/c1-26(21(22(27)28)20-11-10-14(24)12-25-20)23(29)30-13-19-17-8-4-2-6-15(17)16-7-3-5-9-18(16)19/h2-12,19,21H,13H2,1H3,(H,27,28). The lowest BCUT2D eigenvalue weighted by atomic mass is 9.98. The van der Waals surface area contributed by atoms with E-state index in [0.717, 1.165) is 31.6 Å². The lowest BCUT2D eigenvalue weighted by molar-refractivity contribution is -0.142. The number of hydrogen-bond acceptors (Lipinski definition) is 4. The van der Waals surface area contributed by atoms with Gasteiger partial charge in [0.1, 0.15) is 6.61 Å². The Kier molecular flexibility index (Phi) is 5.55. The van der Waals surface area contributed by atoms with Crippen LogP contribution in [0.15, 0.2) is 71.3 Å². The largest absolute Gasteiger partial charge is 0.479 e. The average Bonchev–Trinajstić information content (AvgIpc) is 3.07. The van der Waals surface area contributed by atoms with Gasteiger partial charge in [-0.3, -0.25) is 9.88 Å². The number of halogens is 1. The van der Waals surface area contributed by atoms with Gasteiger partial charge in [0, 0.05) is 23.6 Å². The first-order valence-electron chi connectivity index (χ1n) is 9.39. The number of amides is 1. The molecule has 3 aromatic rings. The van der Waals surface area contributed by atoms with E-state index >= 15 is 0 Å². The highest BCUT2D eigenvalue weighted by molar-refractivity contribution is 9.10. The topological polar surface area (TPSA) is 79.7 Å². The fraction of sp³-hybridized carbons (Fsp3) is 0.174. The van der Waals surface area contributed by atoms with Gasteiger partial charge in [-0.25, -0.2) is 9.59 Å². The molecule has 0 aliphatic heterocycles. The second-order valence-corrected chi connectivity index (χ2v) is 7.97. The van der Waals surface area contributed by atoms with Crippen molar-refractivity contribution in [2.24, 2.45) is 0 Å². The van der Waals surface area contributed by atoms with E-state index in [-0.39, 0.29) is 18.2 Å². The molecule has 0 spiro atoms. The number of carboxylic acids is 1. The van der Waals surface area contributed by atoms with E-state index < -0.39 is 18.1 Å². The number of rotatable bonds is 5. The zero-order valence-corrected chi connectivity index (χ0v) is 17.7. The summed E-state index contributed by atoms with van der Waals surface area (Å²) in [5, 5.41) is 9.65. The Morgan fingerprint density at radius 1 is 1.07 bits per heavy atom. The molecule has 1 N–H and O–H groups in total. The smallest absolute Gasteiger partial charge is 0.410 e. The molecule has 2 aromatic carbocycles. The maximum absolute atomic E-state index is 12.7. The molecule has 0 fully saturated rings. The van der Waals surface area contributed by atoms with Gasteiger partial charge in [-0.05, 0) is 50.3 Å². The summed E-state index contributed by atoms with van der Waals surface area (Å²) in [4.78, 5) is 29.7. The molecule has 0 radical (unpaired) electrons. The lowest BCUT2D eigenvalue weighted by Gasteiger charge is -2.25. The minimum absolute atomic E-state index is 0.0937. The molecule has 1 aromatic heterocycles. The predicted octanol–water partition coefficient (Wildman–Crippen LogP) is 4.85. The summed E-state index contributed by atoms with van der Waals surface area (Å²) in [6.45, 7) is 0.122. The van der Waals surface area contributed by atoms with Crippen molar-refractivity contribution in [3.63, 3.8) is 0 Å². The van der Waals surface area contributed by atoms with Gasteiger partial charge in [0.05, 0.1) is 5.69 Å². The van der Waals surface area contributed by atoms with Gasteiger partial charge in [-0.15, -0.1) is 0 Å². The highest BCUT2D eigenvalue weighted by atomic mass is 79.9. The van der Waals surface area contributed by atoms with Crippen LogP contribution in [0.5, 0.6) is 0 Å². The number of carboxylic acid groups (broad SMARTS) is 1. The van der Waals surface area contributed by atoms with Crippen molar-refractivity contribution in [3.8, 4) is 11.1 Å². The summed E-state index contributed by atoms with van der Waals surface area (Å²) in [6.07, 6.45) is 0.783. The summed E-state index contributed by atoms with van der Waals surface area (Å²) in [5.41, 5.74) is 4.70. The van der Waals surface area contributed by atoms with Crippen LogP contribution < -0.4 is 0 Å². The third-order valence-electron chi connectivity index (χ3n) is 5.28. The normalized spacial score (nSPS) is 13.3. The molecule has 4 rings (SSSR count). The molecule has 0 bridgehead atoms. The third-order valence-corrected chi connectivity index (χ3v) is 5.74. The second kappa shape index (κ2) is 8.28. The van der Waals surface area contributed by atoms with E-state index in [4.69, 9.17) is 4.74 Å². The van der Waals surface area contributed by atoms with E-state index in [2.05, 4.69) is 33.0 Å². The van der Waals surface area contributed by atoms with Crippen LogP contribution in [0.25, 0.3) is 11.1 Å². The first kappa shape index (κ1) is 20.1. The van der Waals surface area contributed by atoms with Crippen LogP contribution in [0.1, 0.15) is 28.8 Å². The van der Waals surface area contributed by atoms with Gasteiger partial charge in [0.2, 0.25) is 0 Å². The number of pyridine rings is 1. The molecule has 30 heavy (non-hydrogen) atoms. The third kappa shape index (κ3) is 3.68. The Balaban J connectivity index is 1.53. The van der Waals surface area contributed by atoms with Crippen LogP contribution in [0.4, 0.5) is 4.79 Å². The number of carbonyl (C=O) groups is 2. The zero-order chi connectivity index (χ0) is 21.3. The van der Waals surface area contributed by atoms with Gasteiger partial charge in [-0.2, -0.15) is 0 Å². The summed E-state index contributed by atoms with van der Waals surface area (Å²) >= 11 is 3.27. The van der Waals surface area contributed by atoms with Crippen molar-refractivity contribution in [2.45, 2.75) is 12.0 Å². The van der Waals surface area contributed by atoms with E-state index in [9.17, 15) is 14.7 Å². The fourth-order valence-corrected chi connectivity index (χ4v) is 4.08. The molecule has 7 heteroatoms. The zero-order valence-electron chi connectivity index (χ0n) is 16.2. The van der Waals surface area contributed by atoms with Crippen molar-refractivity contribution < 1.29 is 19.4 Å². The van der Waals surface area contributed by atoms with Gasteiger partial charge in [-0.1, -0.05) is 48.5 Å². The molecule has 0 saturated carbocycles. The van der Waals surface area contributed by atoms with Crippen LogP contribution in [-0.2, 0) is 9.53 Å². The summed E-state index contributed by atoms with van der Waals surface area (Å²) in [6, 6.07) is 18.1. The van der Waals surface area contributed by atoms with Crippen LogP contribution >= 0.6 is 15.9 Å². The lowest BCUT2D eigenvalue weighted by Crippen LogP contribution is -2.37. The van der Waals surface area contributed by atoms with Crippen molar-refractivity contribution in [3.05, 3.63) is 88.2 Å². The number of aromatic nitrogens is 1. The summed E-state index contributed by atoms with van der Waals surface area (Å²) in [5.74, 6) is -1.27. The quantitative estimate of drug-likeness (QED) is 0.581. The van der Waals surface area contributed by atoms with Crippen LogP contribution in [0, 0.1) is 0 Å². The second-order valence-electron chi connectivity index (χ2n) is 7.06. The number of fused-ring (bicyclic) bond motifs is 3. The number of hydrogen-bond donors (Lipinski definition) is 1. The van der Waals surface area contributed by atoms with Crippen molar-refractivity contribution in [1.82, 2.24) is 9.88 Å². The molecule has 152 valence electrons. The number of carbonyl (C=O) groups excluding carboxylic acids is 1. The summed E-state index contributed by atoms with van der Waals surface area (Å²) < 4.78 is 6.29. The van der Waals surface area contributed by atoms with Crippen LogP contribution in [-0.4, -0.2) is 40.7 Å². The van der Waals surface area contributed by atoms with Gasteiger partial charge >= 0.3 is 12.1 Å². The number of nitrogens with zero attached hydrogens (tertiary/aromatic N) is 2. The molecule has 1 unspecified atom stereocenters. The Morgan fingerprint density at radius 3 is 2.20 bits per heavy atom. The van der Waals surface area contributed by atoms with Gasteiger partial charge in [0.15, 0.2) is 6.04 Å².